The molecule has 0 saturated heterocycles. The number of carbonyl (C=O) groups is 1. The van der Waals surface area contributed by atoms with Crippen LogP contribution in [0.4, 0.5) is 0 Å². The van der Waals surface area contributed by atoms with Gasteiger partial charge in [0.2, 0.25) is 0 Å². The van der Waals surface area contributed by atoms with Gasteiger partial charge in [0.1, 0.15) is 0 Å². The van der Waals surface area contributed by atoms with E-state index in [0.29, 0.717) is 0 Å². The summed E-state index contributed by atoms with van der Waals surface area (Å²) in [7, 11) is 0. The Kier molecular flexibility index (Phi) is 3.65. The Labute approximate surface area is 96.3 Å². The van der Waals surface area contributed by atoms with Gasteiger partial charge in [0.05, 0.1) is 12.4 Å². The molecule has 1 aromatic heterocycles. The Balaban J connectivity index is 2.05. The highest BCUT2D eigenvalue weighted by molar-refractivity contribution is 5.97. The summed E-state index contributed by atoms with van der Waals surface area (Å²) in [5.74, 6) is 1.20. The van der Waals surface area contributed by atoms with Gasteiger partial charge in [-0.3, -0.25) is 4.79 Å². The monoisotopic (exact) mass is 218 g/mol. The van der Waals surface area contributed by atoms with Gasteiger partial charge in [-0.2, -0.15) is 10.2 Å². The first kappa shape index (κ1) is 11.2. The zero-order chi connectivity index (χ0) is 11.4. The van der Waals surface area contributed by atoms with E-state index in [1.54, 1.807) is 18.5 Å². The van der Waals surface area contributed by atoms with Gasteiger partial charge in [0.15, 0.2) is 5.78 Å². The summed E-state index contributed by atoms with van der Waals surface area (Å²) >= 11 is 0. The van der Waals surface area contributed by atoms with Crippen LogP contribution in [0, 0.1) is 11.8 Å². The van der Waals surface area contributed by atoms with E-state index >= 15 is 0 Å². The molecular formula is C13H18N2O. The topological polar surface area (TPSA) is 42.9 Å². The lowest BCUT2D eigenvalue weighted by Gasteiger charge is -2.27. The van der Waals surface area contributed by atoms with Crippen LogP contribution in [0.5, 0.6) is 0 Å². The summed E-state index contributed by atoms with van der Waals surface area (Å²) < 4.78 is 0. The zero-order valence-electron chi connectivity index (χ0n) is 9.72. The Morgan fingerprint density at radius 1 is 1.44 bits per heavy atom. The van der Waals surface area contributed by atoms with Gasteiger partial charge in [0, 0.05) is 11.5 Å². The smallest absolute Gasteiger partial charge is 0.167 e. The van der Waals surface area contributed by atoms with Gasteiger partial charge >= 0.3 is 0 Å². The average molecular weight is 218 g/mol. The highest BCUT2D eigenvalue weighted by Gasteiger charge is 2.27. The normalized spacial score (nSPS) is 25.3. The van der Waals surface area contributed by atoms with Crippen LogP contribution in [0.3, 0.4) is 0 Å². The highest BCUT2D eigenvalue weighted by atomic mass is 16.1. The Bertz CT molecular complexity index is 350. The van der Waals surface area contributed by atoms with Crippen LogP contribution >= 0.6 is 0 Å². The third-order valence-electron chi connectivity index (χ3n) is 3.60. The molecule has 86 valence electrons. The maximum Gasteiger partial charge on any atom is 0.167 e. The van der Waals surface area contributed by atoms with Crippen molar-refractivity contribution in [3.05, 3.63) is 24.0 Å². The minimum atomic E-state index is 0.211. The van der Waals surface area contributed by atoms with Gasteiger partial charge in [0.25, 0.3) is 0 Å². The Morgan fingerprint density at radius 2 is 2.31 bits per heavy atom. The van der Waals surface area contributed by atoms with E-state index in [1.807, 2.05) is 0 Å². The molecule has 2 unspecified atom stereocenters. The molecular weight excluding hydrogens is 200 g/mol. The van der Waals surface area contributed by atoms with Crippen molar-refractivity contribution in [3.8, 4) is 0 Å². The van der Waals surface area contributed by atoms with Gasteiger partial charge in [-0.15, -0.1) is 0 Å². The second-order valence-corrected chi connectivity index (χ2v) is 4.63. The van der Waals surface area contributed by atoms with Crippen molar-refractivity contribution in [2.24, 2.45) is 11.8 Å². The van der Waals surface area contributed by atoms with Crippen LogP contribution in [0.1, 0.15) is 49.4 Å². The molecule has 16 heavy (non-hydrogen) atoms. The molecule has 2 atom stereocenters. The second kappa shape index (κ2) is 5.19. The minimum absolute atomic E-state index is 0.211. The van der Waals surface area contributed by atoms with E-state index < -0.39 is 0 Å². The van der Waals surface area contributed by atoms with E-state index in [4.69, 9.17) is 0 Å². The maximum atomic E-state index is 12.2. The van der Waals surface area contributed by atoms with Crippen LogP contribution in [-0.4, -0.2) is 16.0 Å². The molecule has 0 amide bonds. The fourth-order valence-electron chi connectivity index (χ4n) is 2.57. The number of hydrogen-bond acceptors (Lipinski definition) is 3. The van der Waals surface area contributed by atoms with Crippen molar-refractivity contribution < 1.29 is 4.79 Å². The van der Waals surface area contributed by atoms with Crippen molar-refractivity contribution in [3.63, 3.8) is 0 Å². The minimum Gasteiger partial charge on any atom is -0.294 e. The molecule has 0 aromatic carbocycles. The molecule has 2 rings (SSSR count). The molecule has 3 heteroatoms. The van der Waals surface area contributed by atoms with Crippen LogP contribution in [0.2, 0.25) is 0 Å². The highest BCUT2D eigenvalue weighted by Crippen LogP contribution is 2.32. The number of Topliss-reactive ketones (excluding diaryl/α,β-unsaturated/α-hetero) is 1. The lowest BCUT2D eigenvalue weighted by Crippen LogP contribution is -2.23. The van der Waals surface area contributed by atoms with Gasteiger partial charge in [-0.1, -0.05) is 26.2 Å². The fraction of sp³-hybridized carbons (Fsp3) is 0.615. The van der Waals surface area contributed by atoms with Gasteiger partial charge in [-0.25, -0.2) is 0 Å². The summed E-state index contributed by atoms with van der Waals surface area (Å²) in [5.41, 5.74) is 0.719. The second-order valence-electron chi connectivity index (χ2n) is 4.63. The summed E-state index contributed by atoms with van der Waals surface area (Å²) in [6, 6.07) is 1.77. The lowest BCUT2D eigenvalue weighted by molar-refractivity contribution is 0.0861. The van der Waals surface area contributed by atoms with Crippen LogP contribution in [0.25, 0.3) is 0 Å². The molecule has 1 aliphatic rings. The Hall–Kier alpha value is -1.25. The van der Waals surface area contributed by atoms with Crippen LogP contribution in [-0.2, 0) is 0 Å². The summed E-state index contributed by atoms with van der Waals surface area (Å²) in [6.45, 7) is 2.21. The Morgan fingerprint density at radius 3 is 3.00 bits per heavy atom. The summed E-state index contributed by atoms with van der Waals surface area (Å²) in [6.07, 6.45) is 8.93. The molecule has 1 fully saturated rings. The standard InChI is InChI=1S/C13H18N2O/c1-2-10-4-3-5-11(8-10)13(16)12-6-7-14-15-9-12/h6-7,9-11H,2-5,8H2,1H3. The third kappa shape index (κ3) is 2.46. The van der Waals surface area contributed by atoms with Gasteiger partial charge < -0.3 is 0 Å². The molecule has 0 radical (unpaired) electrons. The van der Waals surface area contributed by atoms with Crippen molar-refractivity contribution >= 4 is 5.78 Å². The molecule has 3 nitrogen and oxygen atoms in total. The fourth-order valence-corrected chi connectivity index (χ4v) is 2.57. The molecule has 0 bridgehead atoms. The quantitative estimate of drug-likeness (QED) is 0.733. The van der Waals surface area contributed by atoms with Crippen LogP contribution < -0.4 is 0 Å². The summed E-state index contributed by atoms with van der Waals surface area (Å²) in [5, 5.41) is 7.47. The van der Waals surface area contributed by atoms with Crippen molar-refractivity contribution in [1.82, 2.24) is 10.2 Å². The van der Waals surface area contributed by atoms with Crippen molar-refractivity contribution in [2.75, 3.05) is 0 Å². The lowest BCUT2D eigenvalue weighted by atomic mass is 9.77. The zero-order valence-corrected chi connectivity index (χ0v) is 9.72. The molecule has 0 spiro atoms. The number of nitrogens with zero attached hydrogens (tertiary/aromatic N) is 2. The molecule has 0 N–H and O–H groups in total. The first-order valence-electron chi connectivity index (χ1n) is 6.12. The van der Waals surface area contributed by atoms with E-state index in [-0.39, 0.29) is 11.7 Å². The summed E-state index contributed by atoms with van der Waals surface area (Å²) in [4.78, 5) is 12.2. The molecule has 1 aliphatic carbocycles. The molecule has 0 aliphatic heterocycles. The third-order valence-corrected chi connectivity index (χ3v) is 3.60. The van der Waals surface area contributed by atoms with Crippen molar-refractivity contribution in [2.45, 2.75) is 39.0 Å². The molecule has 1 saturated carbocycles. The first-order chi connectivity index (χ1) is 7.81. The number of carbonyl (C=O) groups excluding carboxylic acids is 1. The molecule has 1 aromatic rings. The first-order valence-corrected chi connectivity index (χ1v) is 6.12. The SMILES string of the molecule is CCC1CCCC(C(=O)c2ccnnc2)C1. The van der Waals surface area contributed by atoms with Crippen molar-refractivity contribution in [1.29, 1.82) is 0 Å². The van der Waals surface area contributed by atoms with E-state index in [1.165, 1.54) is 19.3 Å². The number of hydrogen-bond donors (Lipinski definition) is 0. The predicted octanol–water partition coefficient (Wildman–Crippen LogP) is 2.88. The number of aromatic nitrogens is 2. The van der Waals surface area contributed by atoms with E-state index in [0.717, 1.165) is 24.3 Å². The molecule has 1 heterocycles. The average Bonchev–Trinajstić information content (AvgIpc) is 2.39. The largest absolute Gasteiger partial charge is 0.294 e. The number of ketones is 1. The predicted molar refractivity (Wildman–Crippen MR) is 62.1 cm³/mol. The van der Waals surface area contributed by atoms with E-state index in [9.17, 15) is 4.79 Å². The maximum absolute atomic E-state index is 12.2. The number of rotatable bonds is 3. The van der Waals surface area contributed by atoms with E-state index in [2.05, 4.69) is 17.1 Å². The van der Waals surface area contributed by atoms with Gasteiger partial charge in [-0.05, 0) is 24.8 Å². The van der Waals surface area contributed by atoms with Crippen LogP contribution in [0.15, 0.2) is 18.5 Å².